The van der Waals surface area contributed by atoms with Crippen molar-refractivity contribution in [1.82, 2.24) is 9.88 Å². The molecule has 1 amide bonds. The molecular formula is C13H13N3O3. The quantitative estimate of drug-likeness (QED) is 0.801. The highest BCUT2D eigenvalue weighted by molar-refractivity contribution is 6.08. The molecule has 6 heteroatoms. The molecule has 0 spiro atoms. The molecule has 0 bridgehead atoms. The van der Waals surface area contributed by atoms with Crippen molar-refractivity contribution in [3.63, 3.8) is 0 Å². The predicted molar refractivity (Wildman–Crippen MR) is 70.8 cm³/mol. The second kappa shape index (κ2) is 4.93. The summed E-state index contributed by atoms with van der Waals surface area (Å²) in [6.07, 6.45) is 1.49. The van der Waals surface area contributed by atoms with Crippen LogP contribution >= 0.6 is 0 Å². The van der Waals surface area contributed by atoms with E-state index in [9.17, 15) is 9.59 Å². The highest BCUT2D eigenvalue weighted by atomic mass is 16.4. The number of benzene rings is 1. The maximum absolute atomic E-state index is 12.2. The molecule has 0 radical (unpaired) electrons. The molecule has 0 aliphatic heterocycles. The molecule has 0 saturated carbocycles. The van der Waals surface area contributed by atoms with E-state index in [1.54, 1.807) is 24.3 Å². The summed E-state index contributed by atoms with van der Waals surface area (Å²) in [5.41, 5.74) is 6.59. The van der Waals surface area contributed by atoms with Crippen molar-refractivity contribution in [3.8, 4) is 0 Å². The molecule has 19 heavy (non-hydrogen) atoms. The number of nitrogens with zero attached hydrogens (tertiary/aromatic N) is 2. The van der Waals surface area contributed by atoms with Gasteiger partial charge in [0.1, 0.15) is 12.2 Å². The fourth-order valence-electron chi connectivity index (χ4n) is 1.86. The minimum atomic E-state index is -1.07. The van der Waals surface area contributed by atoms with Crippen molar-refractivity contribution in [2.24, 2.45) is 0 Å². The third-order valence-corrected chi connectivity index (χ3v) is 2.76. The molecule has 0 fully saturated rings. The first-order chi connectivity index (χ1) is 9.00. The number of carboxylic acids is 1. The summed E-state index contributed by atoms with van der Waals surface area (Å²) in [5, 5.41) is 10.0. The van der Waals surface area contributed by atoms with Gasteiger partial charge in [0.25, 0.3) is 5.91 Å². The molecule has 2 aromatic rings. The Morgan fingerprint density at radius 1 is 1.32 bits per heavy atom. The number of nitrogen functional groups attached to an aromatic ring is 1. The number of aliphatic carboxylic acids is 1. The van der Waals surface area contributed by atoms with Gasteiger partial charge >= 0.3 is 5.97 Å². The van der Waals surface area contributed by atoms with Crippen LogP contribution in [0.2, 0.25) is 0 Å². The monoisotopic (exact) mass is 259 g/mol. The molecule has 0 saturated heterocycles. The summed E-state index contributed by atoms with van der Waals surface area (Å²) in [6, 6.07) is 6.92. The average molecular weight is 259 g/mol. The Bertz CT molecular complexity index is 655. The number of hydrogen-bond donors (Lipinski definition) is 2. The number of carboxylic acid groups (broad SMARTS) is 1. The van der Waals surface area contributed by atoms with E-state index in [1.165, 1.54) is 13.2 Å². The van der Waals surface area contributed by atoms with Gasteiger partial charge in [-0.2, -0.15) is 0 Å². The lowest BCUT2D eigenvalue weighted by atomic mass is 10.1. The molecule has 1 heterocycles. The van der Waals surface area contributed by atoms with Crippen molar-refractivity contribution in [2.75, 3.05) is 19.3 Å². The highest BCUT2D eigenvalue weighted by Gasteiger charge is 2.18. The van der Waals surface area contributed by atoms with E-state index in [4.69, 9.17) is 10.8 Å². The van der Waals surface area contributed by atoms with Crippen molar-refractivity contribution in [3.05, 3.63) is 36.2 Å². The molecular weight excluding hydrogens is 246 g/mol. The Morgan fingerprint density at radius 2 is 2.05 bits per heavy atom. The zero-order valence-corrected chi connectivity index (χ0v) is 10.3. The van der Waals surface area contributed by atoms with Crippen LogP contribution in [0.15, 0.2) is 30.5 Å². The lowest BCUT2D eigenvalue weighted by Gasteiger charge is -2.15. The fourth-order valence-corrected chi connectivity index (χ4v) is 1.86. The molecule has 6 nitrogen and oxygen atoms in total. The van der Waals surface area contributed by atoms with Crippen LogP contribution in [0, 0.1) is 0 Å². The summed E-state index contributed by atoms with van der Waals surface area (Å²) >= 11 is 0. The molecule has 0 unspecified atom stereocenters. The second-order valence-corrected chi connectivity index (χ2v) is 4.16. The van der Waals surface area contributed by atoms with Crippen LogP contribution in [-0.4, -0.2) is 40.5 Å². The van der Waals surface area contributed by atoms with Gasteiger partial charge in [0, 0.05) is 29.7 Å². The molecule has 3 N–H and O–H groups in total. The van der Waals surface area contributed by atoms with E-state index >= 15 is 0 Å². The van der Waals surface area contributed by atoms with Crippen molar-refractivity contribution >= 4 is 28.3 Å². The Morgan fingerprint density at radius 3 is 2.74 bits per heavy atom. The number of rotatable bonds is 3. The number of carbonyl (C=O) groups excluding carboxylic acids is 1. The molecule has 0 aliphatic rings. The number of hydrogen-bond acceptors (Lipinski definition) is 4. The number of aromatic nitrogens is 1. The molecule has 2 rings (SSSR count). The molecule has 0 aliphatic carbocycles. The summed E-state index contributed by atoms with van der Waals surface area (Å²) in [7, 11) is 1.42. The second-order valence-electron chi connectivity index (χ2n) is 4.16. The first-order valence-electron chi connectivity index (χ1n) is 5.61. The topological polar surface area (TPSA) is 96.5 Å². The lowest BCUT2D eigenvalue weighted by molar-refractivity contribution is -0.137. The Labute approximate surface area is 109 Å². The fraction of sp³-hybridized carbons (Fsp3) is 0.154. The molecule has 0 atom stereocenters. The third kappa shape index (κ3) is 2.47. The van der Waals surface area contributed by atoms with Crippen molar-refractivity contribution in [2.45, 2.75) is 0 Å². The SMILES string of the molecule is CN(CC(=O)O)C(=O)c1nccc2c(N)cccc12. The summed E-state index contributed by atoms with van der Waals surface area (Å²) in [6.45, 7) is -0.376. The number of anilines is 1. The van der Waals surface area contributed by atoms with E-state index in [0.717, 1.165) is 10.3 Å². The van der Waals surface area contributed by atoms with Crippen LogP contribution < -0.4 is 5.73 Å². The van der Waals surface area contributed by atoms with Crippen LogP contribution in [0.25, 0.3) is 10.8 Å². The van der Waals surface area contributed by atoms with E-state index in [2.05, 4.69) is 4.98 Å². The van der Waals surface area contributed by atoms with Gasteiger partial charge in [-0.25, -0.2) is 0 Å². The van der Waals surface area contributed by atoms with Gasteiger partial charge in [-0.05, 0) is 12.1 Å². The van der Waals surface area contributed by atoms with Gasteiger partial charge in [-0.3, -0.25) is 14.6 Å². The van der Waals surface area contributed by atoms with Crippen LogP contribution in [0.4, 0.5) is 5.69 Å². The molecule has 98 valence electrons. The van der Waals surface area contributed by atoms with Crippen LogP contribution in [0.3, 0.4) is 0 Å². The van der Waals surface area contributed by atoms with E-state index in [0.29, 0.717) is 11.1 Å². The van der Waals surface area contributed by atoms with Gasteiger partial charge in [0.2, 0.25) is 0 Å². The number of pyridine rings is 1. The number of likely N-dealkylation sites (N-methyl/N-ethyl adjacent to an activating group) is 1. The van der Waals surface area contributed by atoms with Crippen molar-refractivity contribution in [1.29, 1.82) is 0 Å². The van der Waals surface area contributed by atoms with Crippen LogP contribution in [0.5, 0.6) is 0 Å². The third-order valence-electron chi connectivity index (χ3n) is 2.76. The summed E-state index contributed by atoms with van der Waals surface area (Å²) in [5.74, 6) is -1.52. The first-order valence-corrected chi connectivity index (χ1v) is 5.61. The number of fused-ring (bicyclic) bond motifs is 1. The lowest BCUT2D eigenvalue weighted by Crippen LogP contribution is -2.32. The first kappa shape index (κ1) is 12.8. The zero-order valence-electron chi connectivity index (χ0n) is 10.3. The standard InChI is InChI=1S/C13H13N3O3/c1-16(7-11(17)18)13(19)12-9-3-2-4-10(14)8(9)5-6-15-12/h2-6H,7,14H2,1H3,(H,17,18). The number of amides is 1. The zero-order chi connectivity index (χ0) is 14.0. The summed E-state index contributed by atoms with van der Waals surface area (Å²) in [4.78, 5) is 27.9. The molecule has 1 aromatic heterocycles. The largest absolute Gasteiger partial charge is 0.480 e. The van der Waals surface area contributed by atoms with Crippen LogP contribution in [0.1, 0.15) is 10.5 Å². The average Bonchev–Trinajstić information content (AvgIpc) is 2.37. The minimum Gasteiger partial charge on any atom is -0.480 e. The van der Waals surface area contributed by atoms with E-state index in [1.807, 2.05) is 0 Å². The maximum atomic E-state index is 12.2. The van der Waals surface area contributed by atoms with Gasteiger partial charge in [0.15, 0.2) is 0 Å². The van der Waals surface area contributed by atoms with E-state index < -0.39 is 11.9 Å². The van der Waals surface area contributed by atoms with E-state index in [-0.39, 0.29) is 12.2 Å². The Hall–Kier alpha value is -2.63. The van der Waals surface area contributed by atoms with Gasteiger partial charge in [0.05, 0.1) is 0 Å². The van der Waals surface area contributed by atoms with Gasteiger partial charge < -0.3 is 15.7 Å². The highest BCUT2D eigenvalue weighted by Crippen LogP contribution is 2.23. The van der Waals surface area contributed by atoms with Crippen LogP contribution in [-0.2, 0) is 4.79 Å². The summed E-state index contributed by atoms with van der Waals surface area (Å²) < 4.78 is 0. The normalized spacial score (nSPS) is 10.4. The Balaban J connectivity index is 2.48. The smallest absolute Gasteiger partial charge is 0.323 e. The Kier molecular flexibility index (Phi) is 3.33. The minimum absolute atomic E-state index is 0.202. The number of nitrogens with two attached hydrogens (primary N) is 1. The predicted octanol–water partition coefficient (Wildman–Crippen LogP) is 0.974. The van der Waals surface area contributed by atoms with Gasteiger partial charge in [-0.15, -0.1) is 0 Å². The number of carbonyl (C=O) groups is 2. The van der Waals surface area contributed by atoms with Gasteiger partial charge in [-0.1, -0.05) is 12.1 Å². The maximum Gasteiger partial charge on any atom is 0.323 e. The van der Waals surface area contributed by atoms with Crippen molar-refractivity contribution < 1.29 is 14.7 Å². The molecule has 1 aromatic carbocycles.